The summed E-state index contributed by atoms with van der Waals surface area (Å²) in [6.45, 7) is 4.26. The molecule has 3 rings (SSSR count). The number of aryl methyl sites for hydroxylation is 1. The van der Waals surface area contributed by atoms with E-state index in [4.69, 9.17) is 4.74 Å². The van der Waals surface area contributed by atoms with Gasteiger partial charge in [-0.2, -0.15) is 5.10 Å². The third-order valence-electron chi connectivity index (χ3n) is 3.88. The largest absolute Gasteiger partial charge is 0.508 e. The van der Waals surface area contributed by atoms with Crippen molar-refractivity contribution < 1.29 is 14.6 Å². The lowest BCUT2D eigenvalue weighted by molar-refractivity contribution is 0.0921. The normalized spacial score (nSPS) is 11.8. The summed E-state index contributed by atoms with van der Waals surface area (Å²) < 4.78 is 5.68. The first-order valence-corrected chi connectivity index (χ1v) is 8.36. The molecule has 1 atom stereocenters. The molecule has 3 N–H and O–H groups in total. The molecule has 0 spiro atoms. The van der Waals surface area contributed by atoms with Crippen molar-refractivity contribution in [1.29, 1.82) is 0 Å². The molecule has 0 saturated carbocycles. The minimum absolute atomic E-state index is 0.163. The van der Waals surface area contributed by atoms with Gasteiger partial charge in [0.25, 0.3) is 5.91 Å². The number of H-pyrrole nitrogens is 1. The molecule has 6 nitrogen and oxygen atoms in total. The zero-order chi connectivity index (χ0) is 18.5. The molecule has 0 unspecified atom stereocenters. The van der Waals surface area contributed by atoms with Crippen molar-refractivity contribution in [2.24, 2.45) is 0 Å². The number of aromatic nitrogens is 2. The first-order valence-electron chi connectivity index (χ1n) is 8.36. The van der Waals surface area contributed by atoms with Crippen LogP contribution in [0.2, 0.25) is 0 Å². The van der Waals surface area contributed by atoms with E-state index in [0.717, 1.165) is 11.3 Å². The maximum atomic E-state index is 12.3. The van der Waals surface area contributed by atoms with Gasteiger partial charge in [-0.1, -0.05) is 17.7 Å². The number of amides is 1. The van der Waals surface area contributed by atoms with Crippen LogP contribution < -0.4 is 10.1 Å². The van der Waals surface area contributed by atoms with Crippen molar-refractivity contribution in [3.63, 3.8) is 0 Å². The number of phenols is 1. The highest BCUT2D eigenvalue weighted by Gasteiger charge is 2.14. The monoisotopic (exact) mass is 351 g/mol. The van der Waals surface area contributed by atoms with Crippen LogP contribution >= 0.6 is 0 Å². The molecular weight excluding hydrogens is 330 g/mol. The summed E-state index contributed by atoms with van der Waals surface area (Å²) in [5.74, 6) is 0.708. The number of rotatable bonds is 6. The van der Waals surface area contributed by atoms with Gasteiger partial charge in [-0.3, -0.25) is 9.89 Å². The van der Waals surface area contributed by atoms with Gasteiger partial charge < -0.3 is 15.2 Å². The van der Waals surface area contributed by atoms with Crippen molar-refractivity contribution in [3.8, 4) is 22.8 Å². The van der Waals surface area contributed by atoms with E-state index in [1.165, 1.54) is 5.56 Å². The highest BCUT2D eigenvalue weighted by Crippen LogP contribution is 2.20. The van der Waals surface area contributed by atoms with E-state index in [9.17, 15) is 9.90 Å². The molecule has 0 aliphatic carbocycles. The molecular formula is C20H21N3O3. The zero-order valence-electron chi connectivity index (χ0n) is 14.7. The molecule has 134 valence electrons. The number of aromatic amines is 1. The van der Waals surface area contributed by atoms with Crippen LogP contribution in [0, 0.1) is 6.92 Å². The summed E-state index contributed by atoms with van der Waals surface area (Å²) in [4.78, 5) is 12.3. The molecule has 1 aromatic heterocycles. The van der Waals surface area contributed by atoms with Crippen LogP contribution in [0.5, 0.6) is 11.5 Å². The number of carbonyl (C=O) groups excluding carboxylic acids is 1. The van der Waals surface area contributed by atoms with Gasteiger partial charge in [-0.05, 0) is 56.3 Å². The van der Waals surface area contributed by atoms with E-state index in [1.807, 2.05) is 38.1 Å². The smallest absolute Gasteiger partial charge is 0.269 e. The van der Waals surface area contributed by atoms with Crippen LogP contribution in [0.3, 0.4) is 0 Å². The SMILES string of the molecule is Cc1ccc(OC[C@H](C)NC(=O)c2cc(-c3ccc(O)cc3)n[nH]2)cc1. The van der Waals surface area contributed by atoms with Gasteiger partial charge in [-0.15, -0.1) is 0 Å². The first kappa shape index (κ1) is 17.5. The summed E-state index contributed by atoms with van der Waals surface area (Å²) >= 11 is 0. The van der Waals surface area contributed by atoms with Gasteiger partial charge in [0, 0.05) is 5.56 Å². The second-order valence-corrected chi connectivity index (χ2v) is 6.21. The van der Waals surface area contributed by atoms with Crippen LogP contribution in [0.4, 0.5) is 0 Å². The number of ether oxygens (including phenoxy) is 1. The molecule has 1 heterocycles. The molecule has 0 aliphatic heterocycles. The van der Waals surface area contributed by atoms with Crippen LogP contribution in [-0.4, -0.2) is 33.9 Å². The molecule has 0 aliphatic rings. The van der Waals surface area contributed by atoms with Crippen molar-refractivity contribution in [1.82, 2.24) is 15.5 Å². The molecule has 1 amide bonds. The van der Waals surface area contributed by atoms with Gasteiger partial charge in [-0.25, -0.2) is 0 Å². The van der Waals surface area contributed by atoms with Gasteiger partial charge in [0.1, 0.15) is 23.8 Å². The first-order chi connectivity index (χ1) is 12.5. The van der Waals surface area contributed by atoms with E-state index >= 15 is 0 Å². The predicted molar refractivity (Wildman–Crippen MR) is 99.3 cm³/mol. The Balaban J connectivity index is 1.55. The Morgan fingerprint density at radius 1 is 1.19 bits per heavy atom. The Kier molecular flexibility index (Phi) is 5.22. The van der Waals surface area contributed by atoms with Gasteiger partial charge in [0.05, 0.1) is 11.7 Å². The highest BCUT2D eigenvalue weighted by molar-refractivity contribution is 5.93. The predicted octanol–water partition coefficient (Wildman–Crippen LogP) is 3.29. The lowest BCUT2D eigenvalue weighted by atomic mass is 10.1. The Morgan fingerprint density at radius 3 is 2.58 bits per heavy atom. The molecule has 0 bridgehead atoms. The fraction of sp³-hybridized carbons (Fsp3) is 0.200. The summed E-state index contributed by atoms with van der Waals surface area (Å²) in [7, 11) is 0. The maximum Gasteiger partial charge on any atom is 0.269 e. The second-order valence-electron chi connectivity index (χ2n) is 6.21. The quantitative estimate of drug-likeness (QED) is 0.636. The number of hydrogen-bond acceptors (Lipinski definition) is 4. The molecule has 0 saturated heterocycles. The van der Waals surface area contributed by atoms with Crippen LogP contribution in [0.1, 0.15) is 23.0 Å². The van der Waals surface area contributed by atoms with Crippen molar-refractivity contribution in [2.45, 2.75) is 19.9 Å². The maximum absolute atomic E-state index is 12.3. The average molecular weight is 351 g/mol. The minimum Gasteiger partial charge on any atom is -0.508 e. The van der Waals surface area contributed by atoms with Gasteiger partial charge in [0.2, 0.25) is 0 Å². The topological polar surface area (TPSA) is 87.2 Å². The number of benzene rings is 2. The number of hydrogen-bond donors (Lipinski definition) is 3. The molecule has 2 aromatic carbocycles. The van der Waals surface area contributed by atoms with Crippen molar-refractivity contribution >= 4 is 5.91 Å². The number of carbonyl (C=O) groups is 1. The minimum atomic E-state index is -0.248. The van der Waals surface area contributed by atoms with Gasteiger partial charge >= 0.3 is 0 Å². The van der Waals surface area contributed by atoms with E-state index in [2.05, 4.69) is 15.5 Å². The van der Waals surface area contributed by atoms with Crippen molar-refractivity contribution in [3.05, 3.63) is 65.9 Å². The average Bonchev–Trinajstić information content (AvgIpc) is 3.12. The third kappa shape index (κ3) is 4.42. The molecule has 0 fully saturated rings. The second kappa shape index (κ2) is 7.74. The van der Waals surface area contributed by atoms with Crippen LogP contribution in [0.25, 0.3) is 11.3 Å². The van der Waals surface area contributed by atoms with Crippen LogP contribution in [0.15, 0.2) is 54.6 Å². The Bertz CT molecular complexity index is 870. The lowest BCUT2D eigenvalue weighted by Crippen LogP contribution is -2.37. The Hall–Kier alpha value is -3.28. The Morgan fingerprint density at radius 2 is 1.88 bits per heavy atom. The lowest BCUT2D eigenvalue weighted by Gasteiger charge is -2.14. The highest BCUT2D eigenvalue weighted by atomic mass is 16.5. The van der Waals surface area contributed by atoms with Crippen molar-refractivity contribution in [2.75, 3.05) is 6.61 Å². The number of nitrogens with one attached hydrogen (secondary N) is 2. The number of aromatic hydroxyl groups is 1. The summed E-state index contributed by atoms with van der Waals surface area (Å²) in [6, 6.07) is 15.9. The standard InChI is InChI=1S/C20H21N3O3/c1-13-3-9-17(10-4-13)26-12-14(2)21-20(25)19-11-18(22-23-19)15-5-7-16(24)8-6-15/h3-11,14,24H,12H2,1-2H3,(H,21,25)(H,22,23)/t14-/m0/s1. The number of phenolic OH excluding ortho intramolecular Hbond substituents is 1. The van der Waals surface area contributed by atoms with E-state index in [-0.39, 0.29) is 17.7 Å². The fourth-order valence-electron chi connectivity index (χ4n) is 2.42. The fourth-order valence-corrected chi connectivity index (χ4v) is 2.42. The van der Waals surface area contributed by atoms with Gasteiger partial charge in [0.15, 0.2) is 0 Å². The number of nitrogens with zero attached hydrogens (tertiary/aromatic N) is 1. The zero-order valence-corrected chi connectivity index (χ0v) is 14.7. The van der Waals surface area contributed by atoms with E-state index in [1.54, 1.807) is 30.3 Å². The molecule has 6 heteroatoms. The summed E-state index contributed by atoms with van der Waals surface area (Å²) in [5, 5.41) is 19.1. The molecule has 3 aromatic rings. The molecule has 26 heavy (non-hydrogen) atoms. The summed E-state index contributed by atoms with van der Waals surface area (Å²) in [6.07, 6.45) is 0. The van der Waals surface area contributed by atoms with E-state index in [0.29, 0.717) is 18.0 Å². The molecule has 0 radical (unpaired) electrons. The van der Waals surface area contributed by atoms with Crippen LogP contribution in [-0.2, 0) is 0 Å². The third-order valence-corrected chi connectivity index (χ3v) is 3.88. The van der Waals surface area contributed by atoms with E-state index < -0.39 is 0 Å². The summed E-state index contributed by atoms with van der Waals surface area (Å²) in [5.41, 5.74) is 2.99. The Labute approximate surface area is 151 Å².